The van der Waals surface area contributed by atoms with Gasteiger partial charge in [-0.25, -0.2) is 4.39 Å². The molecule has 0 N–H and O–H groups in total. The second kappa shape index (κ2) is 10.4. The second-order valence-electron chi connectivity index (χ2n) is 5.85. The SMILES string of the molecule is COC(=O)CCCN(C/C=C/c1ccccc1)Cc1ccc(F)cc1. The molecule has 0 aliphatic heterocycles. The summed E-state index contributed by atoms with van der Waals surface area (Å²) in [6.07, 6.45) is 5.32. The predicted molar refractivity (Wildman–Crippen MR) is 98.4 cm³/mol. The van der Waals surface area contributed by atoms with Crippen molar-refractivity contribution in [2.24, 2.45) is 0 Å². The maximum absolute atomic E-state index is 13.1. The van der Waals surface area contributed by atoms with Gasteiger partial charge in [0.05, 0.1) is 7.11 Å². The number of ether oxygens (including phenoxy) is 1. The minimum Gasteiger partial charge on any atom is -0.469 e. The molecule has 0 unspecified atom stereocenters. The van der Waals surface area contributed by atoms with Crippen LogP contribution in [0, 0.1) is 5.82 Å². The van der Waals surface area contributed by atoms with Crippen LogP contribution in [0.4, 0.5) is 4.39 Å². The number of rotatable bonds is 9. The lowest BCUT2D eigenvalue weighted by atomic mass is 10.2. The Labute approximate surface area is 148 Å². The van der Waals surface area contributed by atoms with Gasteiger partial charge in [-0.1, -0.05) is 54.6 Å². The molecule has 0 aromatic heterocycles. The average Bonchev–Trinajstić information content (AvgIpc) is 2.64. The van der Waals surface area contributed by atoms with Gasteiger partial charge < -0.3 is 4.74 Å². The smallest absolute Gasteiger partial charge is 0.305 e. The molecular weight excluding hydrogens is 317 g/mol. The van der Waals surface area contributed by atoms with Crippen molar-refractivity contribution in [1.29, 1.82) is 0 Å². The Hall–Kier alpha value is -2.46. The summed E-state index contributed by atoms with van der Waals surface area (Å²) in [5, 5.41) is 0. The highest BCUT2D eigenvalue weighted by Gasteiger charge is 2.07. The summed E-state index contributed by atoms with van der Waals surface area (Å²) < 4.78 is 17.8. The van der Waals surface area contributed by atoms with E-state index in [9.17, 15) is 9.18 Å². The number of halogens is 1. The molecule has 0 saturated carbocycles. The summed E-state index contributed by atoms with van der Waals surface area (Å²) in [4.78, 5) is 13.5. The van der Waals surface area contributed by atoms with Gasteiger partial charge in [0.1, 0.15) is 5.82 Å². The Kier molecular flexibility index (Phi) is 7.86. The second-order valence-corrected chi connectivity index (χ2v) is 5.85. The number of benzene rings is 2. The van der Waals surface area contributed by atoms with Crippen LogP contribution in [-0.2, 0) is 16.1 Å². The molecule has 2 rings (SSSR count). The van der Waals surface area contributed by atoms with E-state index in [2.05, 4.69) is 33.9 Å². The van der Waals surface area contributed by atoms with E-state index in [4.69, 9.17) is 0 Å². The van der Waals surface area contributed by atoms with Crippen LogP contribution in [0.3, 0.4) is 0 Å². The largest absolute Gasteiger partial charge is 0.469 e. The number of carbonyl (C=O) groups excluding carboxylic acids is 1. The van der Waals surface area contributed by atoms with Crippen molar-refractivity contribution in [1.82, 2.24) is 4.90 Å². The number of esters is 1. The highest BCUT2D eigenvalue weighted by atomic mass is 19.1. The quantitative estimate of drug-likeness (QED) is 0.637. The third-order valence-electron chi connectivity index (χ3n) is 3.88. The van der Waals surface area contributed by atoms with Crippen molar-refractivity contribution < 1.29 is 13.9 Å². The summed E-state index contributed by atoms with van der Waals surface area (Å²) in [5.41, 5.74) is 2.20. The maximum Gasteiger partial charge on any atom is 0.305 e. The standard InChI is InChI=1S/C21H24FNO2/c1-25-21(24)10-6-16-23(17-19-11-13-20(22)14-12-19)15-5-9-18-7-3-2-4-8-18/h2-5,7-9,11-14H,6,10,15-17H2,1H3/b9-5+. The molecule has 4 heteroatoms. The first-order valence-electron chi connectivity index (χ1n) is 8.42. The van der Waals surface area contributed by atoms with Crippen LogP contribution >= 0.6 is 0 Å². The molecule has 2 aromatic carbocycles. The summed E-state index contributed by atoms with van der Waals surface area (Å²) >= 11 is 0. The molecule has 0 bridgehead atoms. The Bertz CT molecular complexity index is 668. The fraction of sp³-hybridized carbons (Fsp3) is 0.286. The van der Waals surface area contributed by atoms with Crippen LogP contribution in [0.1, 0.15) is 24.0 Å². The van der Waals surface area contributed by atoms with Crippen molar-refractivity contribution >= 4 is 12.0 Å². The van der Waals surface area contributed by atoms with E-state index in [1.807, 2.05) is 18.2 Å². The van der Waals surface area contributed by atoms with Crippen LogP contribution in [0.25, 0.3) is 6.08 Å². The lowest BCUT2D eigenvalue weighted by Crippen LogP contribution is -2.25. The number of carbonyl (C=O) groups is 1. The Morgan fingerprint density at radius 1 is 1.12 bits per heavy atom. The summed E-state index contributed by atoms with van der Waals surface area (Å²) in [5.74, 6) is -0.425. The number of nitrogens with zero attached hydrogens (tertiary/aromatic N) is 1. The Morgan fingerprint density at radius 3 is 2.52 bits per heavy atom. The summed E-state index contributed by atoms with van der Waals surface area (Å²) in [6.45, 7) is 2.24. The van der Waals surface area contributed by atoms with Gasteiger partial charge in [-0.05, 0) is 36.2 Å². The monoisotopic (exact) mass is 341 g/mol. The molecule has 0 radical (unpaired) electrons. The van der Waals surface area contributed by atoms with Gasteiger partial charge in [-0.3, -0.25) is 9.69 Å². The third kappa shape index (κ3) is 7.31. The Balaban J connectivity index is 1.93. The Morgan fingerprint density at radius 2 is 1.84 bits per heavy atom. The fourth-order valence-electron chi connectivity index (χ4n) is 2.53. The zero-order chi connectivity index (χ0) is 17.9. The van der Waals surface area contributed by atoms with Crippen LogP contribution in [0.15, 0.2) is 60.7 Å². The number of hydrogen-bond donors (Lipinski definition) is 0. The van der Waals surface area contributed by atoms with E-state index in [0.717, 1.165) is 30.6 Å². The summed E-state index contributed by atoms with van der Waals surface area (Å²) in [7, 11) is 1.40. The highest BCUT2D eigenvalue weighted by Crippen LogP contribution is 2.09. The lowest BCUT2D eigenvalue weighted by molar-refractivity contribution is -0.140. The van der Waals surface area contributed by atoms with E-state index in [-0.39, 0.29) is 11.8 Å². The van der Waals surface area contributed by atoms with E-state index in [1.165, 1.54) is 19.2 Å². The van der Waals surface area contributed by atoms with Gasteiger partial charge in [0.2, 0.25) is 0 Å². The van der Waals surface area contributed by atoms with Gasteiger partial charge in [0.25, 0.3) is 0 Å². The molecule has 0 aliphatic carbocycles. The van der Waals surface area contributed by atoms with E-state index >= 15 is 0 Å². The van der Waals surface area contributed by atoms with Crippen molar-refractivity contribution in [2.75, 3.05) is 20.2 Å². The van der Waals surface area contributed by atoms with Gasteiger partial charge in [0, 0.05) is 19.5 Å². The van der Waals surface area contributed by atoms with Crippen molar-refractivity contribution in [3.63, 3.8) is 0 Å². The molecule has 0 amide bonds. The molecule has 3 nitrogen and oxygen atoms in total. The molecule has 0 atom stereocenters. The van der Waals surface area contributed by atoms with Crippen LogP contribution in [0.2, 0.25) is 0 Å². The minimum absolute atomic E-state index is 0.193. The van der Waals surface area contributed by atoms with Crippen LogP contribution < -0.4 is 0 Å². The maximum atomic E-state index is 13.1. The van der Waals surface area contributed by atoms with Gasteiger partial charge in [-0.15, -0.1) is 0 Å². The van der Waals surface area contributed by atoms with E-state index in [0.29, 0.717) is 13.0 Å². The minimum atomic E-state index is -0.232. The first kappa shape index (κ1) is 18.9. The first-order valence-corrected chi connectivity index (χ1v) is 8.42. The van der Waals surface area contributed by atoms with Gasteiger partial charge in [-0.2, -0.15) is 0 Å². The molecule has 132 valence electrons. The van der Waals surface area contributed by atoms with Crippen LogP contribution in [-0.4, -0.2) is 31.1 Å². The summed E-state index contributed by atoms with van der Waals surface area (Å²) in [6, 6.07) is 16.6. The molecule has 0 saturated heterocycles. The van der Waals surface area contributed by atoms with Gasteiger partial charge in [0.15, 0.2) is 0 Å². The van der Waals surface area contributed by atoms with E-state index in [1.54, 1.807) is 12.1 Å². The molecule has 0 heterocycles. The normalized spacial score (nSPS) is 11.2. The molecule has 0 spiro atoms. The molecular formula is C21H24FNO2. The zero-order valence-electron chi connectivity index (χ0n) is 14.5. The average molecular weight is 341 g/mol. The first-order chi connectivity index (χ1) is 12.2. The predicted octanol–water partition coefficient (Wildman–Crippen LogP) is 4.29. The van der Waals surface area contributed by atoms with Crippen molar-refractivity contribution in [3.8, 4) is 0 Å². The topological polar surface area (TPSA) is 29.5 Å². The van der Waals surface area contributed by atoms with Crippen LogP contribution in [0.5, 0.6) is 0 Å². The molecule has 2 aromatic rings. The molecule has 0 fully saturated rings. The molecule has 25 heavy (non-hydrogen) atoms. The van der Waals surface area contributed by atoms with Gasteiger partial charge >= 0.3 is 5.97 Å². The fourth-order valence-corrected chi connectivity index (χ4v) is 2.53. The lowest BCUT2D eigenvalue weighted by Gasteiger charge is -2.20. The van der Waals surface area contributed by atoms with Crippen molar-refractivity contribution in [2.45, 2.75) is 19.4 Å². The third-order valence-corrected chi connectivity index (χ3v) is 3.88. The zero-order valence-corrected chi connectivity index (χ0v) is 14.5. The number of hydrogen-bond acceptors (Lipinski definition) is 3. The van der Waals surface area contributed by atoms with E-state index < -0.39 is 0 Å². The highest BCUT2D eigenvalue weighted by molar-refractivity contribution is 5.69. The number of methoxy groups -OCH3 is 1. The van der Waals surface area contributed by atoms with Crippen molar-refractivity contribution in [3.05, 3.63) is 77.6 Å². The molecule has 0 aliphatic rings.